The molecule has 0 saturated heterocycles. The quantitative estimate of drug-likeness (QED) is 0.776. The lowest BCUT2D eigenvalue weighted by Gasteiger charge is -2.19. The van der Waals surface area contributed by atoms with Gasteiger partial charge in [0, 0.05) is 18.5 Å². The Morgan fingerprint density at radius 1 is 1.23 bits per heavy atom. The van der Waals surface area contributed by atoms with Crippen LogP contribution in [-0.2, 0) is 19.4 Å². The molecule has 3 rings (SSSR count). The van der Waals surface area contributed by atoms with Crippen LogP contribution in [0.1, 0.15) is 44.6 Å². The molecule has 1 aliphatic carbocycles. The molecular weight excluding hydrogens is 346 g/mol. The number of ether oxygens (including phenoxy) is 2. The highest BCUT2D eigenvalue weighted by molar-refractivity contribution is 7.14. The minimum atomic E-state index is 0.0891. The highest BCUT2D eigenvalue weighted by atomic mass is 32.1. The fourth-order valence-electron chi connectivity index (χ4n) is 3.52. The maximum absolute atomic E-state index is 12.9. The van der Waals surface area contributed by atoms with Crippen LogP contribution in [0.15, 0.2) is 18.2 Å². The van der Waals surface area contributed by atoms with Crippen molar-refractivity contribution in [3.8, 4) is 11.5 Å². The number of carbonyl (C=O) groups excluding carboxylic acids is 1. The molecule has 140 valence electrons. The van der Waals surface area contributed by atoms with E-state index in [0.717, 1.165) is 28.8 Å². The number of hydrogen-bond acceptors (Lipinski definition) is 4. The molecule has 0 spiro atoms. The molecule has 1 atom stereocenters. The number of thiophene rings is 1. The normalized spacial score (nSPS) is 16.1. The first kappa shape index (κ1) is 18.8. The molecule has 0 aliphatic heterocycles. The molecule has 0 unspecified atom stereocenters. The van der Waals surface area contributed by atoms with Crippen molar-refractivity contribution in [2.24, 2.45) is 5.92 Å². The molecule has 0 bridgehead atoms. The summed E-state index contributed by atoms with van der Waals surface area (Å²) in [6.07, 6.45) is 3.42. The average molecular weight is 374 g/mol. The molecule has 1 amide bonds. The molecule has 1 aromatic carbocycles. The third kappa shape index (κ3) is 3.73. The van der Waals surface area contributed by atoms with E-state index in [-0.39, 0.29) is 5.91 Å². The van der Waals surface area contributed by atoms with Crippen LogP contribution in [0.25, 0.3) is 0 Å². The van der Waals surface area contributed by atoms with E-state index in [2.05, 4.69) is 13.0 Å². The molecule has 0 radical (unpaired) electrons. The summed E-state index contributed by atoms with van der Waals surface area (Å²) in [4.78, 5) is 16.9. The van der Waals surface area contributed by atoms with Gasteiger partial charge in [-0.3, -0.25) is 4.79 Å². The lowest BCUT2D eigenvalue weighted by Crippen LogP contribution is -2.25. The minimum absolute atomic E-state index is 0.0891. The predicted molar refractivity (Wildman–Crippen MR) is 106 cm³/mol. The number of aryl methyl sites for hydroxylation is 2. The predicted octanol–water partition coefficient (Wildman–Crippen LogP) is 4.47. The van der Waals surface area contributed by atoms with Gasteiger partial charge in [0.05, 0.1) is 19.1 Å². The van der Waals surface area contributed by atoms with E-state index in [1.54, 1.807) is 30.5 Å². The van der Waals surface area contributed by atoms with E-state index in [1.807, 2.05) is 26.1 Å². The van der Waals surface area contributed by atoms with Gasteiger partial charge in [-0.25, -0.2) is 0 Å². The second-order valence-corrected chi connectivity index (χ2v) is 8.34. The van der Waals surface area contributed by atoms with Gasteiger partial charge in [0.2, 0.25) is 0 Å². The lowest BCUT2D eigenvalue weighted by molar-refractivity contribution is 0.0789. The number of methoxy groups -OCH3 is 2. The Labute approximate surface area is 159 Å². The highest BCUT2D eigenvalue weighted by Gasteiger charge is 2.22. The smallest absolute Gasteiger partial charge is 0.263 e. The maximum atomic E-state index is 12.9. The van der Waals surface area contributed by atoms with E-state index in [1.165, 1.54) is 16.9 Å². The maximum Gasteiger partial charge on any atom is 0.263 e. The van der Waals surface area contributed by atoms with Gasteiger partial charge in [0.1, 0.15) is 0 Å². The summed E-state index contributed by atoms with van der Waals surface area (Å²) in [5, 5.41) is 0. The molecule has 0 saturated carbocycles. The number of amides is 1. The lowest BCUT2D eigenvalue weighted by atomic mass is 9.90. The molecule has 4 nitrogen and oxygen atoms in total. The molecule has 0 N–H and O–H groups in total. The van der Waals surface area contributed by atoms with Crippen molar-refractivity contribution in [2.45, 2.75) is 39.7 Å². The van der Waals surface area contributed by atoms with Crippen molar-refractivity contribution < 1.29 is 14.3 Å². The van der Waals surface area contributed by atoms with Crippen LogP contribution in [0.2, 0.25) is 0 Å². The third-order valence-corrected chi connectivity index (χ3v) is 6.36. The summed E-state index contributed by atoms with van der Waals surface area (Å²) in [5.74, 6) is 2.20. The van der Waals surface area contributed by atoms with Gasteiger partial charge in [-0.05, 0) is 67.0 Å². The first-order valence-electron chi connectivity index (χ1n) is 9.01. The van der Waals surface area contributed by atoms with Gasteiger partial charge in [-0.2, -0.15) is 0 Å². The van der Waals surface area contributed by atoms with Gasteiger partial charge >= 0.3 is 0 Å². The van der Waals surface area contributed by atoms with E-state index < -0.39 is 0 Å². The van der Waals surface area contributed by atoms with Crippen LogP contribution in [-0.4, -0.2) is 32.1 Å². The van der Waals surface area contributed by atoms with Gasteiger partial charge in [0.15, 0.2) is 11.5 Å². The Balaban J connectivity index is 1.78. The number of rotatable bonds is 5. The van der Waals surface area contributed by atoms with Crippen molar-refractivity contribution in [3.63, 3.8) is 0 Å². The Bertz CT molecular complexity index is 812. The molecule has 5 heteroatoms. The fraction of sp³-hybridized carbons (Fsp3) is 0.476. The topological polar surface area (TPSA) is 38.8 Å². The van der Waals surface area contributed by atoms with Crippen LogP contribution >= 0.6 is 11.3 Å². The number of hydrogen-bond donors (Lipinski definition) is 0. The number of carbonyl (C=O) groups is 1. The monoisotopic (exact) mass is 373 g/mol. The number of fused-ring (bicyclic) bond motifs is 1. The zero-order valence-corrected chi connectivity index (χ0v) is 17.0. The zero-order chi connectivity index (χ0) is 18.8. The Morgan fingerprint density at radius 2 is 1.92 bits per heavy atom. The summed E-state index contributed by atoms with van der Waals surface area (Å²) < 4.78 is 10.7. The van der Waals surface area contributed by atoms with E-state index in [9.17, 15) is 4.79 Å². The van der Waals surface area contributed by atoms with Crippen LogP contribution in [0, 0.1) is 12.8 Å². The van der Waals surface area contributed by atoms with Gasteiger partial charge in [0.25, 0.3) is 5.91 Å². The average Bonchev–Trinajstić information content (AvgIpc) is 3.05. The highest BCUT2D eigenvalue weighted by Crippen LogP contribution is 2.34. The van der Waals surface area contributed by atoms with Gasteiger partial charge < -0.3 is 14.4 Å². The van der Waals surface area contributed by atoms with Crippen molar-refractivity contribution in [3.05, 3.63) is 44.6 Å². The molecular formula is C21H27NO3S. The summed E-state index contributed by atoms with van der Waals surface area (Å²) in [7, 11) is 5.12. The second kappa shape index (κ2) is 7.70. The largest absolute Gasteiger partial charge is 0.493 e. The summed E-state index contributed by atoms with van der Waals surface area (Å²) in [6, 6.07) is 6.02. The van der Waals surface area contributed by atoms with Crippen molar-refractivity contribution >= 4 is 17.2 Å². The van der Waals surface area contributed by atoms with Crippen molar-refractivity contribution in [1.82, 2.24) is 4.90 Å². The van der Waals surface area contributed by atoms with Crippen LogP contribution < -0.4 is 9.47 Å². The number of benzene rings is 1. The molecule has 1 heterocycles. The molecule has 26 heavy (non-hydrogen) atoms. The first-order valence-corrected chi connectivity index (χ1v) is 9.83. The Morgan fingerprint density at radius 3 is 2.62 bits per heavy atom. The van der Waals surface area contributed by atoms with Crippen LogP contribution in [0.5, 0.6) is 11.5 Å². The standard InChI is InChI=1S/C21H27NO3S/c1-13-6-7-19-15(8-13)11-20(26-19)21(23)22(3)12-16-10-18(25-5)17(24-4)9-14(16)2/h9-11,13H,6-8,12H2,1-5H3/t13-/m1/s1. The van der Waals surface area contributed by atoms with Gasteiger partial charge in [-0.15, -0.1) is 11.3 Å². The van der Waals surface area contributed by atoms with Crippen molar-refractivity contribution in [1.29, 1.82) is 0 Å². The molecule has 1 aliphatic rings. The zero-order valence-electron chi connectivity index (χ0n) is 16.2. The molecule has 0 fully saturated rings. The second-order valence-electron chi connectivity index (χ2n) is 7.20. The Kier molecular flexibility index (Phi) is 5.56. The minimum Gasteiger partial charge on any atom is -0.493 e. The first-order chi connectivity index (χ1) is 12.4. The third-order valence-electron chi connectivity index (χ3n) is 5.14. The Hall–Kier alpha value is -2.01. The van der Waals surface area contributed by atoms with E-state index in [0.29, 0.717) is 24.0 Å². The van der Waals surface area contributed by atoms with Crippen LogP contribution in [0.4, 0.5) is 0 Å². The van der Waals surface area contributed by atoms with E-state index in [4.69, 9.17) is 9.47 Å². The fourth-order valence-corrected chi connectivity index (χ4v) is 4.72. The SMILES string of the molecule is COc1cc(C)c(CN(C)C(=O)c2cc3c(s2)CC[C@@H](C)C3)cc1OC. The molecule has 1 aromatic heterocycles. The van der Waals surface area contributed by atoms with Crippen LogP contribution in [0.3, 0.4) is 0 Å². The summed E-state index contributed by atoms with van der Waals surface area (Å²) in [6.45, 7) is 4.86. The van der Waals surface area contributed by atoms with E-state index >= 15 is 0 Å². The number of nitrogens with zero attached hydrogens (tertiary/aromatic N) is 1. The van der Waals surface area contributed by atoms with Gasteiger partial charge in [-0.1, -0.05) is 6.92 Å². The van der Waals surface area contributed by atoms with Crippen molar-refractivity contribution in [2.75, 3.05) is 21.3 Å². The molecule has 2 aromatic rings. The summed E-state index contributed by atoms with van der Waals surface area (Å²) >= 11 is 1.67. The summed E-state index contributed by atoms with van der Waals surface area (Å²) in [5.41, 5.74) is 3.52.